The zero-order valence-electron chi connectivity index (χ0n) is 32.5. The van der Waals surface area contributed by atoms with Crippen molar-refractivity contribution in [2.24, 2.45) is 5.92 Å². The first kappa shape index (κ1) is 33.3. The van der Waals surface area contributed by atoms with Crippen molar-refractivity contribution in [1.82, 2.24) is 14.5 Å². The summed E-state index contributed by atoms with van der Waals surface area (Å²) in [6.45, 7) is 2.29. The van der Waals surface area contributed by atoms with Gasteiger partial charge in [0, 0.05) is 33.2 Å². The number of rotatable bonds is 4. The molecule has 2 atom stereocenters. The first-order chi connectivity index (χ1) is 28.7. The number of hydrogen-bond donors (Lipinski definition) is 0. The molecule has 0 radical (unpaired) electrons. The molecule has 0 spiro atoms. The third-order valence-corrected chi connectivity index (χ3v) is 13.0. The van der Waals surface area contributed by atoms with Gasteiger partial charge in [-0.05, 0) is 106 Å². The molecule has 0 amide bonds. The molecule has 9 aromatic rings. The third-order valence-electron chi connectivity index (χ3n) is 13.0. The number of fused-ring (bicyclic) bond motifs is 11. The van der Waals surface area contributed by atoms with Crippen LogP contribution in [0.1, 0.15) is 64.6 Å². The summed E-state index contributed by atoms with van der Waals surface area (Å²) in [6.07, 6.45) is 20.1. The van der Waals surface area contributed by atoms with Crippen LogP contribution in [0.15, 0.2) is 152 Å². The summed E-state index contributed by atoms with van der Waals surface area (Å²) in [5.41, 5.74) is 19.9. The van der Waals surface area contributed by atoms with Crippen LogP contribution >= 0.6 is 0 Å². The van der Waals surface area contributed by atoms with Crippen LogP contribution in [0.4, 0.5) is 0 Å². The fourth-order valence-corrected chi connectivity index (χ4v) is 10.4. The Morgan fingerprint density at radius 2 is 1.36 bits per heavy atom. The van der Waals surface area contributed by atoms with Gasteiger partial charge < -0.3 is 4.57 Å². The average Bonchev–Trinajstić information content (AvgIpc) is 3.62. The zero-order valence-corrected chi connectivity index (χ0v) is 32.5. The van der Waals surface area contributed by atoms with Gasteiger partial charge in [-0.15, -0.1) is 0 Å². The lowest BCUT2D eigenvalue weighted by Crippen LogP contribution is -2.09. The maximum absolute atomic E-state index is 5.41. The van der Waals surface area contributed by atoms with Crippen LogP contribution in [0.25, 0.3) is 89.9 Å². The summed E-state index contributed by atoms with van der Waals surface area (Å²) in [6, 6.07) is 47.0. The van der Waals surface area contributed by atoms with Gasteiger partial charge in [-0.25, -0.2) is 4.98 Å². The quantitative estimate of drug-likeness (QED) is 0.168. The molecular formula is C55H41N3. The van der Waals surface area contributed by atoms with E-state index in [1.54, 1.807) is 0 Å². The molecule has 3 nitrogen and oxygen atoms in total. The molecule has 0 aliphatic heterocycles. The summed E-state index contributed by atoms with van der Waals surface area (Å²) in [5, 5.41) is 5.01. The monoisotopic (exact) mass is 743 g/mol. The van der Waals surface area contributed by atoms with E-state index >= 15 is 0 Å². The summed E-state index contributed by atoms with van der Waals surface area (Å²) in [7, 11) is 0. The summed E-state index contributed by atoms with van der Waals surface area (Å²) in [4.78, 5) is 10.5. The van der Waals surface area contributed by atoms with E-state index in [9.17, 15) is 0 Å². The van der Waals surface area contributed by atoms with Crippen molar-refractivity contribution in [2.45, 2.75) is 38.5 Å². The SMILES string of the molecule is CC1C=Cc2c(c3nc(-c4cccc(C5CC=Cc6c(-c7ccc(-n8c9ccccc9c9ccccc98)c8c7CCC=C8)cccc65)c4)cnc3c3ccccc23)C1. The van der Waals surface area contributed by atoms with Gasteiger partial charge in [0.25, 0.3) is 0 Å². The smallest absolute Gasteiger partial charge is 0.0968 e. The van der Waals surface area contributed by atoms with Gasteiger partial charge in [-0.3, -0.25) is 4.98 Å². The zero-order chi connectivity index (χ0) is 38.3. The predicted octanol–water partition coefficient (Wildman–Crippen LogP) is 13.9. The van der Waals surface area contributed by atoms with Crippen molar-refractivity contribution in [3.63, 3.8) is 0 Å². The molecule has 3 aliphatic rings. The van der Waals surface area contributed by atoms with Crippen LogP contribution in [-0.2, 0) is 12.8 Å². The lowest BCUT2D eigenvalue weighted by molar-refractivity contribution is 0.721. The second-order valence-electron chi connectivity index (χ2n) is 16.4. The molecule has 0 saturated heterocycles. The van der Waals surface area contributed by atoms with E-state index in [4.69, 9.17) is 9.97 Å². The molecule has 3 aliphatic carbocycles. The minimum absolute atomic E-state index is 0.239. The van der Waals surface area contributed by atoms with Crippen molar-refractivity contribution in [3.8, 4) is 28.1 Å². The number of hydrogen-bond acceptors (Lipinski definition) is 2. The van der Waals surface area contributed by atoms with E-state index < -0.39 is 0 Å². The van der Waals surface area contributed by atoms with E-state index in [1.807, 2.05) is 6.20 Å². The second-order valence-corrected chi connectivity index (χ2v) is 16.4. The lowest BCUT2D eigenvalue weighted by Gasteiger charge is -2.27. The van der Waals surface area contributed by atoms with Gasteiger partial charge >= 0.3 is 0 Å². The summed E-state index contributed by atoms with van der Waals surface area (Å²) >= 11 is 0. The number of aromatic nitrogens is 3. The minimum Gasteiger partial charge on any atom is -0.309 e. The minimum atomic E-state index is 0.239. The van der Waals surface area contributed by atoms with Crippen molar-refractivity contribution in [3.05, 3.63) is 191 Å². The fourth-order valence-electron chi connectivity index (χ4n) is 10.4. The van der Waals surface area contributed by atoms with Crippen LogP contribution in [0.3, 0.4) is 0 Å². The third kappa shape index (κ3) is 5.06. The molecule has 0 bridgehead atoms. The molecular weight excluding hydrogens is 703 g/mol. The summed E-state index contributed by atoms with van der Waals surface area (Å²) in [5.74, 6) is 0.707. The predicted molar refractivity (Wildman–Crippen MR) is 243 cm³/mol. The Hall–Kier alpha value is -6.84. The van der Waals surface area contributed by atoms with E-state index in [1.165, 1.54) is 88.3 Å². The van der Waals surface area contributed by atoms with Gasteiger partial charge in [0.15, 0.2) is 0 Å². The normalized spacial score (nSPS) is 16.9. The lowest BCUT2D eigenvalue weighted by atomic mass is 9.78. The van der Waals surface area contributed by atoms with E-state index in [2.05, 4.69) is 175 Å². The molecule has 3 heteroatoms. The van der Waals surface area contributed by atoms with Crippen LogP contribution in [0.5, 0.6) is 0 Å². The highest BCUT2D eigenvalue weighted by Gasteiger charge is 2.26. The standard InChI is InChI=1S/C55H41N3/c1-34-27-28-44-42-16-3-5-20-48(42)54-55(49(44)31-34)57-50(33-56-54)36-14-10-13-35(32-36)37-21-11-23-39-38(37)22-12-24-40(39)43-29-30-53(45-17-4-2-15-41(43)45)58-51-25-8-6-18-46(51)47-19-7-9-26-52(47)58/h3-14,16-20,22-30,32-34,37H,2,15,21,31H2,1H3. The number of para-hydroxylation sites is 2. The van der Waals surface area contributed by atoms with Gasteiger partial charge in [0.2, 0.25) is 0 Å². The second kappa shape index (κ2) is 13.1. The van der Waals surface area contributed by atoms with Crippen LogP contribution < -0.4 is 0 Å². The van der Waals surface area contributed by atoms with Crippen LogP contribution in [0.2, 0.25) is 0 Å². The molecule has 2 unspecified atom stereocenters. The molecule has 0 saturated carbocycles. The fraction of sp³-hybridized carbons (Fsp3) is 0.127. The van der Waals surface area contributed by atoms with Crippen molar-refractivity contribution in [1.29, 1.82) is 0 Å². The Labute approximate surface area is 338 Å². The van der Waals surface area contributed by atoms with E-state index in [0.717, 1.165) is 48.0 Å². The Morgan fingerprint density at radius 3 is 2.21 bits per heavy atom. The van der Waals surface area contributed by atoms with Gasteiger partial charge in [0.1, 0.15) is 0 Å². The molecule has 2 heterocycles. The molecule has 2 aromatic heterocycles. The van der Waals surface area contributed by atoms with E-state index in [0.29, 0.717) is 5.92 Å². The van der Waals surface area contributed by atoms with Crippen molar-refractivity contribution >= 4 is 61.8 Å². The highest BCUT2D eigenvalue weighted by atomic mass is 15.0. The largest absolute Gasteiger partial charge is 0.309 e. The maximum Gasteiger partial charge on any atom is 0.0968 e. The number of benzene rings is 7. The molecule has 0 fully saturated rings. The van der Waals surface area contributed by atoms with Crippen molar-refractivity contribution in [2.75, 3.05) is 0 Å². The van der Waals surface area contributed by atoms with Gasteiger partial charge in [-0.1, -0.05) is 147 Å². The topological polar surface area (TPSA) is 30.7 Å². The number of nitrogens with zero attached hydrogens (tertiary/aromatic N) is 3. The number of allylic oxidation sites excluding steroid dienone is 3. The van der Waals surface area contributed by atoms with Gasteiger partial charge in [0.05, 0.1) is 39.6 Å². The Bertz CT molecular complexity index is 3210. The van der Waals surface area contributed by atoms with Crippen LogP contribution in [-0.4, -0.2) is 14.5 Å². The highest BCUT2D eigenvalue weighted by Crippen LogP contribution is 2.45. The maximum atomic E-state index is 5.41. The molecule has 276 valence electrons. The van der Waals surface area contributed by atoms with E-state index in [-0.39, 0.29) is 5.92 Å². The van der Waals surface area contributed by atoms with Crippen molar-refractivity contribution < 1.29 is 0 Å². The Kier molecular flexibility index (Phi) is 7.53. The molecule has 0 N–H and O–H groups in total. The summed E-state index contributed by atoms with van der Waals surface area (Å²) < 4.78 is 2.47. The molecule has 58 heavy (non-hydrogen) atoms. The molecule has 7 aromatic carbocycles. The Balaban J connectivity index is 0.957. The average molecular weight is 744 g/mol. The Morgan fingerprint density at radius 1 is 0.603 bits per heavy atom. The van der Waals surface area contributed by atoms with Crippen LogP contribution in [0, 0.1) is 5.92 Å². The highest BCUT2D eigenvalue weighted by molar-refractivity contribution is 6.11. The first-order valence-electron chi connectivity index (χ1n) is 20.8. The first-order valence-corrected chi connectivity index (χ1v) is 20.8. The van der Waals surface area contributed by atoms with Gasteiger partial charge in [-0.2, -0.15) is 0 Å². The molecule has 12 rings (SSSR count).